The zero-order valence-corrected chi connectivity index (χ0v) is 38.4. The van der Waals surface area contributed by atoms with E-state index >= 15 is 0 Å². The standard InChI is InChI=1S/C50H70ClNO7/c1-29(2)40-35(55)27-50(52-43(57)44(3,4)26-32(54)24-30-12-14-31(51)15-13-30)23-22-48(10)33(41(40)50)16-17-37-47(9)20-19-38(46(7,8)36(47)18-21-49(37,48)11)59-42(56)34-25-39(58-28-53)45(34,5)6/h12-15,28-29,33-34,36-39H,16-27H2,1-11H3,(H,52,57)/t33-,34-,36+,37-,38+,39-,47+,48-,49-,50-/m1/s1. The van der Waals surface area contributed by atoms with E-state index in [1.54, 1.807) is 12.1 Å². The first kappa shape index (κ1) is 44.1. The summed E-state index contributed by atoms with van der Waals surface area (Å²) in [6.07, 6.45) is 8.28. The topological polar surface area (TPSA) is 116 Å². The van der Waals surface area contributed by atoms with Crippen molar-refractivity contribution in [3.05, 3.63) is 46.0 Å². The molecular formula is C50H70ClNO7. The van der Waals surface area contributed by atoms with Gasteiger partial charge in [-0.05, 0) is 127 Å². The Morgan fingerprint density at radius 1 is 0.864 bits per heavy atom. The average Bonchev–Trinajstić information content (AvgIpc) is 3.43. The molecule has 0 saturated heterocycles. The summed E-state index contributed by atoms with van der Waals surface area (Å²) in [6.45, 7) is 24.6. The molecule has 324 valence electrons. The number of rotatable bonds is 11. The lowest BCUT2D eigenvalue weighted by Crippen LogP contribution is -2.67. The Morgan fingerprint density at radius 3 is 2.17 bits per heavy atom. The summed E-state index contributed by atoms with van der Waals surface area (Å²) in [5.74, 6) is 0.590. The van der Waals surface area contributed by atoms with Crippen LogP contribution in [0.1, 0.15) is 152 Å². The number of hydrogen-bond donors (Lipinski definition) is 1. The van der Waals surface area contributed by atoms with Gasteiger partial charge in [-0.2, -0.15) is 0 Å². The van der Waals surface area contributed by atoms with Gasteiger partial charge in [0.15, 0.2) is 5.78 Å². The van der Waals surface area contributed by atoms with Crippen molar-refractivity contribution in [2.45, 2.75) is 171 Å². The molecule has 0 heterocycles. The van der Waals surface area contributed by atoms with Crippen LogP contribution >= 0.6 is 11.6 Å². The predicted molar refractivity (Wildman–Crippen MR) is 229 cm³/mol. The van der Waals surface area contributed by atoms with Crippen LogP contribution in [0, 0.1) is 62.1 Å². The minimum atomic E-state index is -0.953. The van der Waals surface area contributed by atoms with Gasteiger partial charge < -0.3 is 14.8 Å². The molecule has 0 bridgehead atoms. The summed E-state index contributed by atoms with van der Waals surface area (Å²) in [6, 6.07) is 7.27. The highest BCUT2D eigenvalue weighted by Crippen LogP contribution is 2.76. The Morgan fingerprint density at radius 2 is 1.54 bits per heavy atom. The first-order chi connectivity index (χ1) is 27.4. The molecule has 0 spiro atoms. The molecule has 0 unspecified atom stereocenters. The summed E-state index contributed by atoms with van der Waals surface area (Å²) >= 11 is 6.07. The average molecular weight is 833 g/mol. The van der Waals surface area contributed by atoms with Crippen molar-refractivity contribution in [1.29, 1.82) is 0 Å². The van der Waals surface area contributed by atoms with Crippen LogP contribution in [0.3, 0.4) is 0 Å². The zero-order valence-electron chi connectivity index (χ0n) is 37.6. The molecule has 59 heavy (non-hydrogen) atoms. The monoisotopic (exact) mass is 831 g/mol. The van der Waals surface area contributed by atoms with Crippen LogP contribution in [-0.4, -0.2) is 47.7 Å². The first-order valence-corrected chi connectivity index (χ1v) is 22.9. The highest BCUT2D eigenvalue weighted by atomic mass is 35.5. The zero-order chi connectivity index (χ0) is 43.3. The number of halogens is 1. The van der Waals surface area contributed by atoms with E-state index < -0.39 is 16.4 Å². The number of hydrogen-bond acceptors (Lipinski definition) is 7. The number of allylic oxidation sites excluding steroid dienone is 1. The minimum absolute atomic E-state index is 0.00492. The van der Waals surface area contributed by atoms with E-state index in [4.69, 9.17) is 21.1 Å². The maximum Gasteiger partial charge on any atom is 0.310 e. The highest BCUT2D eigenvalue weighted by molar-refractivity contribution is 6.30. The second kappa shape index (κ2) is 14.8. The Labute approximate surface area is 358 Å². The van der Waals surface area contributed by atoms with E-state index in [-0.39, 0.29) is 87.9 Å². The van der Waals surface area contributed by atoms with Gasteiger partial charge in [0.05, 0.1) is 16.9 Å². The van der Waals surface area contributed by atoms with Crippen LogP contribution in [0.4, 0.5) is 0 Å². The molecule has 0 radical (unpaired) electrons. The highest BCUT2D eigenvalue weighted by Gasteiger charge is 2.70. The summed E-state index contributed by atoms with van der Waals surface area (Å²) in [4.78, 5) is 66.7. The van der Waals surface area contributed by atoms with Crippen LogP contribution in [0.2, 0.25) is 5.02 Å². The molecule has 1 N–H and O–H groups in total. The molecule has 9 heteroatoms. The number of carbonyl (C=O) groups excluding carboxylic acids is 5. The smallest absolute Gasteiger partial charge is 0.310 e. The molecule has 0 aromatic heterocycles. The van der Waals surface area contributed by atoms with Crippen molar-refractivity contribution in [2.24, 2.45) is 62.1 Å². The number of ether oxygens (including phenoxy) is 2. The fraction of sp³-hybridized carbons (Fsp3) is 0.740. The fourth-order valence-electron chi connectivity index (χ4n) is 14.6. The third-order valence-electron chi connectivity index (χ3n) is 18.2. The number of Topliss-reactive ketones (excluding diaryl/α,β-unsaturated/α-hetero) is 2. The second-order valence-corrected chi connectivity index (χ2v) is 23.2. The van der Waals surface area contributed by atoms with Crippen LogP contribution in [0.5, 0.6) is 0 Å². The van der Waals surface area contributed by atoms with Gasteiger partial charge in [-0.25, -0.2) is 0 Å². The molecule has 6 aliphatic carbocycles. The van der Waals surface area contributed by atoms with E-state index in [1.807, 2.05) is 39.8 Å². The van der Waals surface area contributed by atoms with Crippen LogP contribution in [-0.2, 0) is 39.9 Å². The molecule has 6 aliphatic rings. The number of carbonyl (C=O) groups is 5. The molecule has 10 atom stereocenters. The number of benzene rings is 1. The molecule has 5 fully saturated rings. The summed E-state index contributed by atoms with van der Waals surface area (Å²) in [5.41, 5.74) is 0.605. The number of ketones is 2. The van der Waals surface area contributed by atoms with Gasteiger partial charge in [-0.15, -0.1) is 0 Å². The molecule has 1 aromatic carbocycles. The summed E-state index contributed by atoms with van der Waals surface area (Å²) < 4.78 is 11.7. The maximum atomic E-state index is 14.4. The molecule has 7 rings (SSSR count). The lowest BCUT2D eigenvalue weighted by Gasteiger charge is -2.72. The van der Waals surface area contributed by atoms with Crippen LogP contribution < -0.4 is 5.32 Å². The van der Waals surface area contributed by atoms with Crippen molar-refractivity contribution in [3.63, 3.8) is 0 Å². The molecule has 1 amide bonds. The number of amides is 1. The lowest BCUT2D eigenvalue weighted by molar-refractivity contribution is -0.236. The van der Waals surface area contributed by atoms with E-state index in [1.165, 1.54) is 5.57 Å². The third-order valence-corrected chi connectivity index (χ3v) is 18.5. The Kier molecular flexibility index (Phi) is 11.1. The number of esters is 1. The predicted octanol–water partition coefficient (Wildman–Crippen LogP) is 10.2. The Hall–Kier alpha value is -3.00. The van der Waals surface area contributed by atoms with Crippen LogP contribution in [0.15, 0.2) is 35.4 Å². The van der Waals surface area contributed by atoms with E-state index in [0.29, 0.717) is 42.6 Å². The molecular weight excluding hydrogens is 762 g/mol. The van der Waals surface area contributed by atoms with Gasteiger partial charge in [-0.3, -0.25) is 24.0 Å². The van der Waals surface area contributed by atoms with Gasteiger partial charge in [0.2, 0.25) is 5.91 Å². The molecule has 0 aliphatic heterocycles. The molecule has 1 aromatic rings. The van der Waals surface area contributed by atoms with Crippen molar-refractivity contribution < 1.29 is 33.4 Å². The third kappa shape index (κ3) is 6.87. The SMILES string of the molecule is CC(C)C1=C2[C@H]3CC[C@@H]4[C@@]5(C)CC[C@H](OC(=O)[C@H]6C[C@@H](OC=O)C6(C)C)C(C)(C)[C@@H]5CC[C@@]4(C)[C@]3(C)CC[C@@]2(NC(=O)C(C)(C)CC(=O)Cc2ccc(Cl)cc2)CC1=O. The van der Waals surface area contributed by atoms with E-state index in [9.17, 15) is 24.0 Å². The minimum Gasteiger partial charge on any atom is -0.464 e. The van der Waals surface area contributed by atoms with Crippen molar-refractivity contribution >= 4 is 41.5 Å². The van der Waals surface area contributed by atoms with Gasteiger partial charge in [0.1, 0.15) is 18.0 Å². The Balaban J connectivity index is 1.11. The van der Waals surface area contributed by atoms with Crippen LogP contribution in [0.25, 0.3) is 0 Å². The quantitative estimate of drug-likeness (QED) is 0.174. The maximum absolute atomic E-state index is 14.4. The second-order valence-electron chi connectivity index (χ2n) is 22.8. The van der Waals surface area contributed by atoms with Gasteiger partial charge in [0.25, 0.3) is 6.47 Å². The lowest BCUT2D eigenvalue weighted by atomic mass is 9.33. The van der Waals surface area contributed by atoms with E-state index in [0.717, 1.165) is 56.1 Å². The number of nitrogens with one attached hydrogen (secondary N) is 1. The molecule has 8 nitrogen and oxygen atoms in total. The largest absolute Gasteiger partial charge is 0.464 e. The normalized spacial score (nSPS) is 38.2. The van der Waals surface area contributed by atoms with Gasteiger partial charge in [-0.1, -0.05) is 99.9 Å². The number of fused-ring (bicyclic) bond motifs is 7. The fourth-order valence-corrected chi connectivity index (χ4v) is 14.7. The first-order valence-electron chi connectivity index (χ1n) is 22.5. The van der Waals surface area contributed by atoms with Crippen molar-refractivity contribution in [2.75, 3.05) is 0 Å². The summed E-state index contributed by atoms with van der Waals surface area (Å²) in [5, 5.41) is 4.14. The van der Waals surface area contributed by atoms with Crippen molar-refractivity contribution in [3.8, 4) is 0 Å². The van der Waals surface area contributed by atoms with E-state index in [2.05, 4.69) is 53.8 Å². The summed E-state index contributed by atoms with van der Waals surface area (Å²) in [7, 11) is 0. The van der Waals surface area contributed by atoms with Gasteiger partial charge in [0, 0.05) is 35.1 Å². The van der Waals surface area contributed by atoms with Gasteiger partial charge >= 0.3 is 5.97 Å². The molecule has 5 saturated carbocycles. The van der Waals surface area contributed by atoms with Crippen molar-refractivity contribution in [1.82, 2.24) is 5.32 Å². The Bertz CT molecular complexity index is 1930.